The average molecular weight is 549 g/mol. The summed E-state index contributed by atoms with van der Waals surface area (Å²) in [6.45, 7) is 2.25. The average Bonchev–Trinajstić information content (AvgIpc) is 3.53. The molecule has 34 heavy (non-hydrogen) atoms. The summed E-state index contributed by atoms with van der Waals surface area (Å²) in [6, 6.07) is 8.38. The van der Waals surface area contributed by atoms with Gasteiger partial charge in [0.1, 0.15) is 22.8 Å². The van der Waals surface area contributed by atoms with Crippen molar-refractivity contribution in [2.45, 2.75) is 68.8 Å². The smallest absolute Gasteiger partial charge is 0.247 e. The Labute approximate surface area is 212 Å². The number of benzene rings is 1. The Morgan fingerprint density at radius 2 is 1.82 bits per heavy atom. The van der Waals surface area contributed by atoms with Gasteiger partial charge in [0.25, 0.3) is 0 Å². The van der Waals surface area contributed by atoms with E-state index in [0.29, 0.717) is 23.7 Å². The van der Waals surface area contributed by atoms with Crippen LogP contribution in [0.4, 0.5) is 5.00 Å². The van der Waals surface area contributed by atoms with Crippen molar-refractivity contribution in [1.29, 1.82) is 0 Å². The van der Waals surface area contributed by atoms with Crippen molar-refractivity contribution in [2.24, 2.45) is 5.92 Å². The molecule has 4 rings (SSSR count). The van der Waals surface area contributed by atoms with Crippen molar-refractivity contribution in [3.05, 3.63) is 30.3 Å². The summed E-state index contributed by atoms with van der Waals surface area (Å²) in [5.41, 5.74) is 1.49. The SMILES string of the molecule is CC(Br)C(=O)N[C@H](C(=O)N1CCC[C@H]1C(=O)Nc1snnc1-c1ccccc1)C1CCCCC1. The van der Waals surface area contributed by atoms with Gasteiger partial charge < -0.3 is 15.5 Å². The highest BCUT2D eigenvalue weighted by molar-refractivity contribution is 9.10. The maximum absolute atomic E-state index is 13.7. The van der Waals surface area contributed by atoms with E-state index in [9.17, 15) is 14.4 Å². The number of nitrogens with zero attached hydrogens (tertiary/aromatic N) is 3. The van der Waals surface area contributed by atoms with E-state index in [2.05, 4.69) is 36.2 Å². The predicted octanol–water partition coefficient (Wildman–Crippen LogP) is 3.98. The number of carbonyl (C=O) groups excluding carboxylic acids is 3. The van der Waals surface area contributed by atoms with Crippen molar-refractivity contribution in [2.75, 3.05) is 11.9 Å². The number of hydrogen-bond donors (Lipinski definition) is 2. The summed E-state index contributed by atoms with van der Waals surface area (Å²) in [5.74, 6) is -0.503. The first-order chi connectivity index (χ1) is 16.5. The molecule has 2 aliphatic rings. The number of aromatic nitrogens is 2. The van der Waals surface area contributed by atoms with Crippen molar-refractivity contribution in [1.82, 2.24) is 19.8 Å². The Kier molecular flexibility index (Phi) is 8.31. The predicted molar refractivity (Wildman–Crippen MR) is 136 cm³/mol. The van der Waals surface area contributed by atoms with Crippen LogP contribution in [0.2, 0.25) is 0 Å². The summed E-state index contributed by atoms with van der Waals surface area (Å²) >= 11 is 4.43. The van der Waals surface area contributed by atoms with Crippen LogP contribution in [0.25, 0.3) is 11.3 Å². The topological polar surface area (TPSA) is 104 Å². The third kappa shape index (κ3) is 5.66. The molecule has 0 spiro atoms. The Morgan fingerprint density at radius 3 is 2.53 bits per heavy atom. The van der Waals surface area contributed by atoms with Crippen LogP contribution >= 0.6 is 27.5 Å². The van der Waals surface area contributed by atoms with Gasteiger partial charge in [-0.15, -0.1) is 5.10 Å². The molecule has 8 nitrogen and oxygen atoms in total. The molecule has 1 aromatic carbocycles. The van der Waals surface area contributed by atoms with Crippen LogP contribution in [0.5, 0.6) is 0 Å². The van der Waals surface area contributed by atoms with Gasteiger partial charge in [-0.1, -0.05) is 70.0 Å². The Hall–Kier alpha value is -2.33. The van der Waals surface area contributed by atoms with Gasteiger partial charge in [0, 0.05) is 23.6 Å². The first-order valence-corrected chi connectivity index (χ1v) is 13.6. The van der Waals surface area contributed by atoms with E-state index in [1.165, 1.54) is 0 Å². The molecule has 1 saturated carbocycles. The molecule has 2 N–H and O–H groups in total. The fourth-order valence-corrected chi connectivity index (χ4v) is 5.58. The van der Waals surface area contributed by atoms with Gasteiger partial charge in [0.15, 0.2) is 0 Å². The van der Waals surface area contributed by atoms with Gasteiger partial charge in [0.2, 0.25) is 17.7 Å². The lowest BCUT2D eigenvalue weighted by atomic mass is 9.83. The van der Waals surface area contributed by atoms with Crippen LogP contribution in [0.1, 0.15) is 51.9 Å². The highest BCUT2D eigenvalue weighted by Crippen LogP contribution is 2.32. The Bertz CT molecular complexity index is 1010. The molecular weight excluding hydrogens is 518 g/mol. The molecule has 10 heteroatoms. The lowest BCUT2D eigenvalue weighted by Crippen LogP contribution is -2.56. The molecule has 1 aliphatic heterocycles. The molecule has 1 unspecified atom stereocenters. The molecule has 3 amide bonds. The van der Waals surface area contributed by atoms with Crippen LogP contribution in [-0.4, -0.2) is 55.7 Å². The highest BCUT2D eigenvalue weighted by Gasteiger charge is 2.41. The standard InChI is InChI=1S/C24H30BrN5O3S/c1-15(25)21(31)26-20(17-11-6-3-7-12-17)24(33)30-14-8-13-18(30)22(32)27-23-19(28-29-34-23)16-9-4-2-5-10-16/h2,4-5,9-10,15,17-18,20H,3,6-8,11-14H2,1H3,(H,26,31)(H,27,32)/t15?,18-,20-/m0/s1. The minimum Gasteiger partial charge on any atom is -0.343 e. The van der Waals surface area contributed by atoms with Crippen molar-refractivity contribution >= 4 is 50.2 Å². The number of rotatable bonds is 7. The second-order valence-corrected chi connectivity index (χ2v) is 11.1. The van der Waals surface area contributed by atoms with Gasteiger partial charge in [-0.05, 0) is 38.5 Å². The quantitative estimate of drug-likeness (QED) is 0.510. The van der Waals surface area contributed by atoms with Crippen molar-refractivity contribution < 1.29 is 14.4 Å². The minimum absolute atomic E-state index is 0.0936. The summed E-state index contributed by atoms with van der Waals surface area (Å²) < 4.78 is 4.02. The minimum atomic E-state index is -0.605. The summed E-state index contributed by atoms with van der Waals surface area (Å²) in [4.78, 5) is 40.8. The number of halogens is 1. The summed E-state index contributed by atoms with van der Waals surface area (Å²) in [5, 5.41) is 10.7. The Morgan fingerprint density at radius 1 is 1.09 bits per heavy atom. The second kappa shape index (κ2) is 11.4. The zero-order chi connectivity index (χ0) is 24.1. The normalized spacial score (nSPS) is 20.5. The molecule has 1 aromatic heterocycles. The lowest BCUT2D eigenvalue weighted by molar-refractivity contribution is -0.141. The highest BCUT2D eigenvalue weighted by atomic mass is 79.9. The number of nitrogens with one attached hydrogen (secondary N) is 2. The zero-order valence-electron chi connectivity index (χ0n) is 19.2. The number of anilines is 1. The lowest BCUT2D eigenvalue weighted by Gasteiger charge is -2.34. The molecule has 182 valence electrons. The van der Waals surface area contributed by atoms with Crippen LogP contribution in [0.15, 0.2) is 30.3 Å². The molecule has 2 fully saturated rings. The van der Waals surface area contributed by atoms with E-state index in [0.717, 1.165) is 55.6 Å². The van der Waals surface area contributed by atoms with Gasteiger partial charge in [-0.3, -0.25) is 14.4 Å². The third-order valence-electron chi connectivity index (χ3n) is 6.66. The molecular formula is C24H30BrN5O3S. The largest absolute Gasteiger partial charge is 0.343 e. The van der Waals surface area contributed by atoms with E-state index in [-0.39, 0.29) is 28.5 Å². The van der Waals surface area contributed by atoms with E-state index < -0.39 is 12.1 Å². The van der Waals surface area contributed by atoms with Crippen LogP contribution in [-0.2, 0) is 14.4 Å². The van der Waals surface area contributed by atoms with Crippen molar-refractivity contribution in [3.63, 3.8) is 0 Å². The number of alkyl halides is 1. The molecule has 1 aliphatic carbocycles. The maximum Gasteiger partial charge on any atom is 0.247 e. The zero-order valence-corrected chi connectivity index (χ0v) is 21.6. The monoisotopic (exact) mass is 547 g/mol. The van der Waals surface area contributed by atoms with Crippen LogP contribution in [0, 0.1) is 5.92 Å². The Balaban J connectivity index is 1.50. The fraction of sp³-hybridized carbons (Fsp3) is 0.542. The van der Waals surface area contributed by atoms with Gasteiger partial charge >= 0.3 is 0 Å². The first-order valence-electron chi connectivity index (χ1n) is 11.9. The first kappa shape index (κ1) is 24.8. The summed E-state index contributed by atoms with van der Waals surface area (Å²) in [7, 11) is 0. The van der Waals surface area contributed by atoms with E-state index in [4.69, 9.17) is 0 Å². The van der Waals surface area contributed by atoms with E-state index in [1.807, 2.05) is 30.3 Å². The van der Waals surface area contributed by atoms with Gasteiger partial charge in [0.05, 0.1) is 4.83 Å². The number of amides is 3. The third-order valence-corrected chi connectivity index (χ3v) is 7.71. The summed E-state index contributed by atoms with van der Waals surface area (Å²) in [6.07, 6.45) is 6.41. The molecule has 1 saturated heterocycles. The van der Waals surface area contributed by atoms with Gasteiger partial charge in [-0.2, -0.15) is 0 Å². The maximum atomic E-state index is 13.7. The number of hydrogen-bond acceptors (Lipinski definition) is 6. The second-order valence-electron chi connectivity index (χ2n) is 9.00. The van der Waals surface area contributed by atoms with E-state index in [1.54, 1.807) is 11.8 Å². The van der Waals surface area contributed by atoms with Gasteiger partial charge in [-0.25, -0.2) is 0 Å². The number of carbonyl (C=O) groups is 3. The van der Waals surface area contributed by atoms with E-state index >= 15 is 0 Å². The van der Waals surface area contributed by atoms with Crippen LogP contribution < -0.4 is 10.6 Å². The molecule has 3 atom stereocenters. The fourth-order valence-electron chi connectivity index (χ4n) is 4.85. The molecule has 2 aromatic rings. The van der Waals surface area contributed by atoms with Crippen LogP contribution in [0.3, 0.4) is 0 Å². The van der Waals surface area contributed by atoms with Crippen molar-refractivity contribution in [3.8, 4) is 11.3 Å². The molecule has 0 radical (unpaired) electrons. The number of likely N-dealkylation sites (tertiary alicyclic amines) is 1. The molecule has 0 bridgehead atoms. The molecule has 2 heterocycles.